The van der Waals surface area contributed by atoms with E-state index in [4.69, 9.17) is 4.74 Å². The molecule has 1 saturated carbocycles. The highest BCUT2D eigenvalue weighted by atomic mass is 32.1. The molecule has 0 spiro atoms. The number of rotatable bonds is 6. The summed E-state index contributed by atoms with van der Waals surface area (Å²) < 4.78 is 5.04. The Morgan fingerprint density at radius 3 is 2.50 bits per heavy atom. The molecule has 1 heterocycles. The summed E-state index contributed by atoms with van der Waals surface area (Å²) in [5.74, 6) is -2.94. The standard InChI is InChI=1S/C17H23NO5S/c1-3-10-9-13(17(22)23-4-2)15(24-10)18-14(19)11-7-5-6-8-12(11)16(20)21/h9,11-12H,3-8H2,1-2H3,(H,18,19)(H,20,21)/t11-,12-/m0/s1. The Morgan fingerprint density at radius 1 is 1.25 bits per heavy atom. The van der Waals surface area contributed by atoms with E-state index in [0.29, 0.717) is 23.4 Å². The van der Waals surface area contributed by atoms with Gasteiger partial charge in [0.2, 0.25) is 5.91 Å². The van der Waals surface area contributed by atoms with Crippen LogP contribution in [0.25, 0.3) is 0 Å². The van der Waals surface area contributed by atoms with Crippen LogP contribution < -0.4 is 5.32 Å². The second-order valence-electron chi connectivity index (χ2n) is 5.85. The smallest absolute Gasteiger partial charge is 0.341 e. The van der Waals surface area contributed by atoms with Crippen LogP contribution in [0.4, 0.5) is 5.00 Å². The lowest BCUT2D eigenvalue weighted by molar-refractivity contribution is -0.147. The van der Waals surface area contributed by atoms with Crippen LogP contribution in [0.5, 0.6) is 0 Å². The number of aliphatic carboxylic acids is 1. The number of carbonyl (C=O) groups is 3. The Balaban J connectivity index is 2.19. The minimum absolute atomic E-state index is 0.257. The number of anilines is 1. The van der Waals surface area contributed by atoms with Crippen molar-refractivity contribution in [2.45, 2.75) is 46.0 Å². The van der Waals surface area contributed by atoms with E-state index in [1.165, 1.54) is 11.3 Å². The second kappa shape index (κ2) is 8.28. The van der Waals surface area contributed by atoms with Crippen molar-refractivity contribution >= 4 is 34.2 Å². The number of thiophene rings is 1. The van der Waals surface area contributed by atoms with E-state index >= 15 is 0 Å². The fourth-order valence-corrected chi connectivity index (χ4v) is 4.00. The normalized spacial score (nSPS) is 20.4. The van der Waals surface area contributed by atoms with Crippen LogP contribution in [0, 0.1) is 11.8 Å². The van der Waals surface area contributed by atoms with E-state index in [9.17, 15) is 19.5 Å². The number of ether oxygens (including phenoxy) is 1. The number of nitrogens with one attached hydrogen (secondary N) is 1. The first-order valence-corrected chi connectivity index (χ1v) is 9.13. The summed E-state index contributed by atoms with van der Waals surface area (Å²) in [5.41, 5.74) is 0.342. The molecule has 1 amide bonds. The van der Waals surface area contributed by atoms with Gasteiger partial charge in [-0.1, -0.05) is 19.8 Å². The van der Waals surface area contributed by atoms with E-state index in [2.05, 4.69) is 5.32 Å². The topological polar surface area (TPSA) is 92.7 Å². The lowest BCUT2D eigenvalue weighted by Gasteiger charge is -2.27. The van der Waals surface area contributed by atoms with Crippen molar-refractivity contribution in [3.05, 3.63) is 16.5 Å². The summed E-state index contributed by atoms with van der Waals surface area (Å²) in [7, 11) is 0. The molecule has 2 rings (SSSR count). The molecule has 1 aromatic heterocycles. The van der Waals surface area contributed by atoms with Crippen LogP contribution in [0.3, 0.4) is 0 Å². The van der Waals surface area contributed by atoms with Gasteiger partial charge in [-0.25, -0.2) is 4.79 Å². The highest BCUT2D eigenvalue weighted by Crippen LogP contribution is 2.34. The Kier molecular flexibility index (Phi) is 6.36. The predicted molar refractivity (Wildman–Crippen MR) is 91.4 cm³/mol. The highest BCUT2D eigenvalue weighted by Gasteiger charge is 2.36. The Bertz CT molecular complexity index is 624. The molecular formula is C17H23NO5S. The van der Waals surface area contributed by atoms with Crippen LogP contribution in [0.1, 0.15) is 54.8 Å². The summed E-state index contributed by atoms with van der Waals surface area (Å²) >= 11 is 1.34. The first-order valence-electron chi connectivity index (χ1n) is 8.31. The SMILES string of the molecule is CCOC(=O)c1cc(CC)sc1NC(=O)[C@H]1CCCC[C@@H]1C(=O)O. The van der Waals surface area contributed by atoms with Gasteiger partial charge in [-0.3, -0.25) is 9.59 Å². The molecule has 24 heavy (non-hydrogen) atoms. The van der Waals surface area contributed by atoms with E-state index in [0.717, 1.165) is 24.1 Å². The van der Waals surface area contributed by atoms with E-state index in [1.807, 2.05) is 6.92 Å². The maximum atomic E-state index is 12.6. The minimum atomic E-state index is -0.930. The van der Waals surface area contributed by atoms with E-state index in [-0.39, 0.29) is 12.5 Å². The third-order valence-electron chi connectivity index (χ3n) is 4.28. The Hall–Kier alpha value is -1.89. The van der Waals surface area contributed by atoms with Gasteiger partial charge in [0.05, 0.1) is 24.0 Å². The Morgan fingerprint density at radius 2 is 1.92 bits per heavy atom. The van der Waals surface area contributed by atoms with Gasteiger partial charge in [0.25, 0.3) is 0 Å². The van der Waals surface area contributed by atoms with Crippen LogP contribution in [-0.4, -0.2) is 29.6 Å². The van der Waals surface area contributed by atoms with Crippen LogP contribution in [0.15, 0.2) is 6.07 Å². The van der Waals surface area contributed by atoms with Crippen LogP contribution >= 0.6 is 11.3 Å². The molecule has 0 saturated heterocycles. The predicted octanol–water partition coefficient (Wildman–Crippen LogP) is 3.32. The summed E-state index contributed by atoms with van der Waals surface area (Å²) in [6.07, 6.45) is 3.49. The van der Waals surface area contributed by atoms with Crippen LogP contribution in [-0.2, 0) is 20.7 Å². The zero-order valence-electron chi connectivity index (χ0n) is 14.0. The molecule has 132 valence electrons. The minimum Gasteiger partial charge on any atom is -0.481 e. The molecule has 7 heteroatoms. The second-order valence-corrected chi connectivity index (χ2v) is 6.99. The van der Waals surface area contributed by atoms with Crippen LogP contribution in [0.2, 0.25) is 0 Å². The van der Waals surface area contributed by atoms with Crippen molar-refractivity contribution < 1.29 is 24.2 Å². The van der Waals surface area contributed by atoms with Crippen molar-refractivity contribution in [1.82, 2.24) is 0 Å². The zero-order chi connectivity index (χ0) is 17.7. The van der Waals surface area contributed by atoms with Gasteiger partial charge < -0.3 is 15.2 Å². The molecule has 1 aliphatic carbocycles. The summed E-state index contributed by atoms with van der Waals surface area (Å²) in [6.45, 7) is 3.95. The summed E-state index contributed by atoms with van der Waals surface area (Å²) in [6, 6.07) is 1.73. The van der Waals surface area contributed by atoms with Crippen molar-refractivity contribution in [3.63, 3.8) is 0 Å². The quantitative estimate of drug-likeness (QED) is 0.765. The number of aryl methyl sites for hydroxylation is 1. The van der Waals surface area contributed by atoms with Crippen molar-refractivity contribution in [2.24, 2.45) is 11.8 Å². The Labute approximate surface area is 145 Å². The number of carboxylic acids is 1. The molecule has 1 aliphatic rings. The van der Waals surface area contributed by atoms with Gasteiger partial charge in [-0.05, 0) is 32.3 Å². The van der Waals surface area contributed by atoms with Gasteiger partial charge in [0.15, 0.2) is 0 Å². The van der Waals surface area contributed by atoms with Crippen molar-refractivity contribution in [2.75, 3.05) is 11.9 Å². The first kappa shape index (κ1) is 18.4. The number of amides is 1. The highest BCUT2D eigenvalue weighted by molar-refractivity contribution is 7.16. The van der Waals surface area contributed by atoms with Gasteiger partial charge in [0, 0.05) is 4.88 Å². The molecule has 0 unspecified atom stereocenters. The van der Waals surface area contributed by atoms with Crippen molar-refractivity contribution in [3.8, 4) is 0 Å². The number of carbonyl (C=O) groups excluding carboxylic acids is 2. The average Bonchev–Trinajstić information content (AvgIpc) is 2.98. The molecule has 0 bridgehead atoms. The van der Waals surface area contributed by atoms with E-state index in [1.54, 1.807) is 13.0 Å². The first-order chi connectivity index (χ1) is 11.5. The van der Waals surface area contributed by atoms with Gasteiger partial charge in [0.1, 0.15) is 5.00 Å². The molecule has 0 radical (unpaired) electrons. The molecule has 0 aliphatic heterocycles. The maximum Gasteiger partial charge on any atom is 0.341 e. The maximum absolute atomic E-state index is 12.6. The number of esters is 1. The fourth-order valence-electron chi connectivity index (χ4n) is 3.01. The zero-order valence-corrected chi connectivity index (χ0v) is 14.8. The van der Waals surface area contributed by atoms with Gasteiger partial charge in [-0.2, -0.15) is 0 Å². The molecule has 6 nitrogen and oxygen atoms in total. The molecular weight excluding hydrogens is 330 g/mol. The molecule has 1 fully saturated rings. The molecule has 1 aromatic rings. The summed E-state index contributed by atoms with van der Waals surface area (Å²) in [4.78, 5) is 37.0. The number of hydrogen-bond donors (Lipinski definition) is 2. The monoisotopic (exact) mass is 353 g/mol. The van der Waals surface area contributed by atoms with Crippen molar-refractivity contribution in [1.29, 1.82) is 0 Å². The summed E-state index contributed by atoms with van der Waals surface area (Å²) in [5, 5.41) is 12.6. The van der Waals surface area contributed by atoms with Gasteiger partial charge >= 0.3 is 11.9 Å². The average molecular weight is 353 g/mol. The third kappa shape index (κ3) is 4.14. The molecule has 0 aromatic carbocycles. The molecule has 2 atom stereocenters. The van der Waals surface area contributed by atoms with E-state index < -0.39 is 23.8 Å². The number of hydrogen-bond acceptors (Lipinski definition) is 5. The van der Waals surface area contributed by atoms with Gasteiger partial charge in [-0.15, -0.1) is 11.3 Å². The number of carboxylic acid groups (broad SMARTS) is 1. The largest absolute Gasteiger partial charge is 0.481 e. The lowest BCUT2D eigenvalue weighted by atomic mass is 9.79. The third-order valence-corrected chi connectivity index (χ3v) is 5.48. The lowest BCUT2D eigenvalue weighted by Crippen LogP contribution is -2.36. The fraction of sp³-hybridized carbons (Fsp3) is 0.588. The molecule has 2 N–H and O–H groups in total.